The van der Waals surface area contributed by atoms with E-state index in [0.717, 1.165) is 12.0 Å². The largest absolute Gasteiger partial charge is 0.312 e. The standard InChI is InChI=1S/C17H26N2/c1-3-16(19-12-13-9-10-15(19)11-13)17(18-2)14-7-5-4-6-8-14/h4-8,13,15-18H,3,9-12H2,1-2H3. The summed E-state index contributed by atoms with van der Waals surface area (Å²) in [6.07, 6.45) is 5.56. The normalized spacial score (nSPS) is 29.6. The second kappa shape index (κ2) is 5.64. The second-order valence-electron chi connectivity index (χ2n) is 6.18. The average Bonchev–Trinajstić information content (AvgIpc) is 3.08. The third-order valence-corrected chi connectivity index (χ3v) is 5.15. The van der Waals surface area contributed by atoms with Gasteiger partial charge in [0.1, 0.15) is 0 Å². The van der Waals surface area contributed by atoms with Crippen LogP contribution in [0.3, 0.4) is 0 Å². The molecule has 4 atom stereocenters. The van der Waals surface area contributed by atoms with Gasteiger partial charge in [0.15, 0.2) is 0 Å². The van der Waals surface area contributed by atoms with Gasteiger partial charge in [-0.2, -0.15) is 0 Å². The summed E-state index contributed by atoms with van der Waals surface area (Å²) in [5.74, 6) is 0.979. The Balaban J connectivity index is 1.80. The first kappa shape index (κ1) is 13.1. The molecular weight excluding hydrogens is 232 g/mol. The molecule has 1 aromatic rings. The van der Waals surface area contributed by atoms with E-state index < -0.39 is 0 Å². The molecule has 1 heterocycles. The molecule has 1 aromatic carbocycles. The minimum atomic E-state index is 0.463. The van der Waals surface area contributed by atoms with Crippen molar-refractivity contribution >= 4 is 0 Å². The second-order valence-corrected chi connectivity index (χ2v) is 6.18. The van der Waals surface area contributed by atoms with Crippen LogP contribution in [0.25, 0.3) is 0 Å². The number of fused-ring (bicyclic) bond motifs is 2. The molecule has 19 heavy (non-hydrogen) atoms. The first-order valence-electron chi connectivity index (χ1n) is 7.81. The van der Waals surface area contributed by atoms with E-state index in [4.69, 9.17) is 0 Å². The van der Waals surface area contributed by atoms with Crippen molar-refractivity contribution in [3.8, 4) is 0 Å². The summed E-state index contributed by atoms with van der Waals surface area (Å²) in [5.41, 5.74) is 1.43. The van der Waals surface area contributed by atoms with Crippen LogP contribution in [0.15, 0.2) is 30.3 Å². The van der Waals surface area contributed by atoms with Crippen LogP contribution >= 0.6 is 0 Å². The van der Waals surface area contributed by atoms with Gasteiger partial charge in [0.25, 0.3) is 0 Å². The number of piperidine rings is 1. The zero-order chi connectivity index (χ0) is 13.2. The molecule has 3 rings (SSSR count). The lowest BCUT2D eigenvalue weighted by molar-refractivity contribution is 0.116. The number of likely N-dealkylation sites (N-methyl/N-ethyl adjacent to an activating group) is 1. The fraction of sp³-hybridized carbons (Fsp3) is 0.647. The van der Waals surface area contributed by atoms with E-state index in [0.29, 0.717) is 12.1 Å². The van der Waals surface area contributed by atoms with Crippen molar-refractivity contribution in [1.82, 2.24) is 10.2 Å². The molecule has 2 heteroatoms. The van der Waals surface area contributed by atoms with E-state index in [-0.39, 0.29) is 0 Å². The molecule has 1 aliphatic carbocycles. The predicted octanol–water partition coefficient (Wildman–Crippen LogP) is 3.21. The number of hydrogen-bond donors (Lipinski definition) is 1. The summed E-state index contributed by atoms with van der Waals surface area (Å²) >= 11 is 0. The summed E-state index contributed by atoms with van der Waals surface area (Å²) in [7, 11) is 2.11. The topological polar surface area (TPSA) is 15.3 Å². The fourth-order valence-electron chi connectivity index (χ4n) is 4.27. The summed E-state index contributed by atoms with van der Waals surface area (Å²) in [5, 5.41) is 3.56. The first-order valence-corrected chi connectivity index (χ1v) is 7.81. The molecule has 104 valence electrons. The van der Waals surface area contributed by atoms with Crippen LogP contribution in [0.5, 0.6) is 0 Å². The Kier molecular flexibility index (Phi) is 3.90. The number of benzene rings is 1. The summed E-state index contributed by atoms with van der Waals surface area (Å²) in [6.45, 7) is 3.66. The van der Waals surface area contributed by atoms with Gasteiger partial charge in [-0.3, -0.25) is 4.90 Å². The molecule has 1 N–H and O–H groups in total. The number of nitrogens with zero attached hydrogens (tertiary/aromatic N) is 1. The summed E-state index contributed by atoms with van der Waals surface area (Å²) in [6, 6.07) is 12.9. The Morgan fingerprint density at radius 1 is 1.26 bits per heavy atom. The summed E-state index contributed by atoms with van der Waals surface area (Å²) in [4.78, 5) is 2.79. The number of hydrogen-bond acceptors (Lipinski definition) is 2. The first-order chi connectivity index (χ1) is 9.33. The van der Waals surface area contributed by atoms with Crippen molar-refractivity contribution in [1.29, 1.82) is 0 Å². The van der Waals surface area contributed by atoms with Gasteiger partial charge in [-0.1, -0.05) is 37.3 Å². The molecule has 1 aliphatic heterocycles. The third-order valence-electron chi connectivity index (χ3n) is 5.15. The fourth-order valence-corrected chi connectivity index (χ4v) is 4.27. The van der Waals surface area contributed by atoms with Crippen molar-refractivity contribution in [3.63, 3.8) is 0 Å². The smallest absolute Gasteiger partial charge is 0.0475 e. The van der Waals surface area contributed by atoms with Crippen LogP contribution < -0.4 is 5.32 Å². The van der Waals surface area contributed by atoms with Crippen LogP contribution in [0.2, 0.25) is 0 Å². The van der Waals surface area contributed by atoms with Crippen molar-refractivity contribution < 1.29 is 0 Å². The highest BCUT2D eigenvalue weighted by Gasteiger charge is 2.42. The molecule has 0 radical (unpaired) electrons. The molecule has 1 saturated heterocycles. The van der Waals surface area contributed by atoms with E-state index >= 15 is 0 Å². The lowest BCUT2D eigenvalue weighted by Crippen LogP contribution is -2.47. The van der Waals surface area contributed by atoms with Crippen molar-refractivity contribution in [2.45, 2.75) is 50.7 Å². The van der Waals surface area contributed by atoms with E-state index in [1.807, 2.05) is 0 Å². The lowest BCUT2D eigenvalue weighted by atomic mass is 9.94. The zero-order valence-electron chi connectivity index (χ0n) is 12.2. The SMILES string of the molecule is CCC(C(NC)c1ccccc1)N1CC2CCC1C2. The van der Waals surface area contributed by atoms with Gasteiger partial charge in [-0.05, 0) is 44.2 Å². The van der Waals surface area contributed by atoms with E-state index in [2.05, 4.69) is 54.5 Å². The van der Waals surface area contributed by atoms with Gasteiger partial charge in [0.05, 0.1) is 0 Å². The molecule has 0 aromatic heterocycles. The molecule has 2 fully saturated rings. The Hall–Kier alpha value is -0.860. The van der Waals surface area contributed by atoms with Crippen LogP contribution in [0.4, 0.5) is 0 Å². The van der Waals surface area contributed by atoms with Gasteiger partial charge >= 0.3 is 0 Å². The van der Waals surface area contributed by atoms with E-state index in [1.54, 1.807) is 0 Å². The number of nitrogens with one attached hydrogen (secondary N) is 1. The van der Waals surface area contributed by atoms with Crippen LogP contribution in [-0.4, -0.2) is 30.6 Å². The maximum atomic E-state index is 3.56. The monoisotopic (exact) mass is 258 g/mol. The van der Waals surface area contributed by atoms with Crippen LogP contribution in [0, 0.1) is 5.92 Å². The van der Waals surface area contributed by atoms with Crippen molar-refractivity contribution in [2.75, 3.05) is 13.6 Å². The van der Waals surface area contributed by atoms with Gasteiger partial charge in [-0.15, -0.1) is 0 Å². The van der Waals surface area contributed by atoms with Crippen LogP contribution in [-0.2, 0) is 0 Å². The van der Waals surface area contributed by atoms with Crippen molar-refractivity contribution in [3.05, 3.63) is 35.9 Å². The highest BCUT2D eigenvalue weighted by Crippen LogP contribution is 2.41. The molecule has 1 saturated carbocycles. The van der Waals surface area contributed by atoms with E-state index in [1.165, 1.54) is 37.8 Å². The third kappa shape index (κ3) is 2.44. The molecule has 0 amide bonds. The maximum absolute atomic E-state index is 3.56. The number of likely N-dealkylation sites (tertiary alicyclic amines) is 1. The van der Waals surface area contributed by atoms with Crippen molar-refractivity contribution in [2.24, 2.45) is 5.92 Å². The molecule has 2 nitrogen and oxygen atoms in total. The zero-order valence-corrected chi connectivity index (χ0v) is 12.2. The van der Waals surface area contributed by atoms with Gasteiger partial charge < -0.3 is 5.32 Å². The van der Waals surface area contributed by atoms with Gasteiger partial charge in [0.2, 0.25) is 0 Å². The molecule has 0 spiro atoms. The Bertz CT molecular complexity index is 403. The highest BCUT2D eigenvalue weighted by atomic mass is 15.2. The minimum absolute atomic E-state index is 0.463. The summed E-state index contributed by atoms with van der Waals surface area (Å²) < 4.78 is 0. The lowest BCUT2D eigenvalue weighted by Gasteiger charge is -2.39. The molecule has 2 aliphatic rings. The average molecular weight is 258 g/mol. The van der Waals surface area contributed by atoms with E-state index in [9.17, 15) is 0 Å². The van der Waals surface area contributed by atoms with Gasteiger partial charge in [-0.25, -0.2) is 0 Å². The highest BCUT2D eigenvalue weighted by molar-refractivity contribution is 5.21. The number of rotatable bonds is 5. The quantitative estimate of drug-likeness (QED) is 0.872. The predicted molar refractivity (Wildman–Crippen MR) is 80.2 cm³/mol. The Morgan fingerprint density at radius 2 is 2.05 bits per heavy atom. The molecular formula is C17H26N2. The maximum Gasteiger partial charge on any atom is 0.0475 e. The minimum Gasteiger partial charge on any atom is -0.312 e. The van der Waals surface area contributed by atoms with Gasteiger partial charge in [0, 0.05) is 24.7 Å². The molecule has 4 unspecified atom stereocenters. The Labute approximate surface area is 117 Å². The molecule has 2 bridgehead atoms. The van der Waals surface area contributed by atoms with Crippen LogP contribution in [0.1, 0.15) is 44.2 Å². The Morgan fingerprint density at radius 3 is 2.58 bits per heavy atom.